The molecule has 4 aromatic carbocycles. The number of benzene rings is 4. The van der Waals surface area contributed by atoms with E-state index in [1.165, 1.54) is 16.2 Å². The van der Waals surface area contributed by atoms with Crippen LogP contribution in [0.15, 0.2) is 59.7 Å². The van der Waals surface area contributed by atoms with Crippen LogP contribution in [-0.2, 0) is 4.79 Å². The first-order chi connectivity index (χ1) is 11.3. The summed E-state index contributed by atoms with van der Waals surface area (Å²) in [7, 11) is 0. The highest BCUT2D eigenvalue weighted by Gasteiger charge is 2.11. The molecule has 0 saturated heterocycles. The van der Waals surface area contributed by atoms with Crippen molar-refractivity contribution in [3.63, 3.8) is 0 Å². The van der Waals surface area contributed by atoms with Crippen LogP contribution in [0.1, 0.15) is 0 Å². The van der Waals surface area contributed by atoms with Crippen LogP contribution >= 0.6 is 0 Å². The summed E-state index contributed by atoms with van der Waals surface area (Å²) in [6.07, 6.45) is 0. The quantitative estimate of drug-likeness (QED) is 0.250. The molecule has 4 rings (SSSR count). The van der Waals surface area contributed by atoms with Crippen molar-refractivity contribution in [1.82, 2.24) is 0 Å². The highest BCUT2D eigenvalue weighted by molar-refractivity contribution is 6.25. The van der Waals surface area contributed by atoms with E-state index in [-0.39, 0.29) is 12.5 Å². The second kappa shape index (κ2) is 5.16. The van der Waals surface area contributed by atoms with Crippen LogP contribution < -0.4 is 5.32 Å². The van der Waals surface area contributed by atoms with Crippen LogP contribution in [0.3, 0.4) is 0 Å². The minimum atomic E-state index is -0.321. The van der Waals surface area contributed by atoms with Crippen molar-refractivity contribution in [3.05, 3.63) is 65.0 Å². The Bertz CT molecular complexity index is 1080. The molecule has 1 N–H and O–H groups in total. The predicted octanol–water partition coefficient (Wildman–Crippen LogP) is 4.83. The number of anilines is 1. The van der Waals surface area contributed by atoms with Gasteiger partial charge in [-0.2, -0.15) is 0 Å². The maximum Gasteiger partial charge on any atom is 0.230 e. The summed E-state index contributed by atoms with van der Waals surface area (Å²) in [6, 6.07) is 18.4. The molecular formula is C18H12N4O. The first-order valence-corrected chi connectivity index (χ1v) is 7.25. The monoisotopic (exact) mass is 300 g/mol. The number of hydrogen-bond donors (Lipinski definition) is 1. The number of rotatable bonds is 3. The van der Waals surface area contributed by atoms with Gasteiger partial charge in [-0.3, -0.25) is 4.79 Å². The minimum Gasteiger partial charge on any atom is -0.325 e. The molecule has 1 amide bonds. The van der Waals surface area contributed by atoms with Gasteiger partial charge in [-0.1, -0.05) is 53.6 Å². The Morgan fingerprint density at radius 3 is 2.35 bits per heavy atom. The lowest BCUT2D eigenvalue weighted by molar-refractivity contribution is -0.114. The fourth-order valence-electron chi connectivity index (χ4n) is 3.13. The molecule has 0 fully saturated rings. The highest BCUT2D eigenvalue weighted by atomic mass is 16.1. The van der Waals surface area contributed by atoms with Crippen LogP contribution in [0.5, 0.6) is 0 Å². The van der Waals surface area contributed by atoms with Gasteiger partial charge >= 0.3 is 0 Å². The molecule has 23 heavy (non-hydrogen) atoms. The molecule has 110 valence electrons. The number of nitrogens with zero attached hydrogens (tertiary/aromatic N) is 3. The van der Waals surface area contributed by atoms with Crippen molar-refractivity contribution < 1.29 is 4.79 Å². The van der Waals surface area contributed by atoms with Crippen LogP contribution in [0.4, 0.5) is 5.69 Å². The molecule has 0 aromatic heterocycles. The van der Waals surface area contributed by atoms with Crippen LogP contribution in [0.25, 0.3) is 42.8 Å². The lowest BCUT2D eigenvalue weighted by Gasteiger charge is -2.14. The van der Waals surface area contributed by atoms with Gasteiger partial charge in [0.05, 0.1) is 0 Å². The number of hydrogen-bond acceptors (Lipinski definition) is 2. The zero-order chi connectivity index (χ0) is 15.8. The van der Waals surface area contributed by atoms with Crippen LogP contribution in [0, 0.1) is 0 Å². The van der Waals surface area contributed by atoms with Gasteiger partial charge in [0.15, 0.2) is 0 Å². The highest BCUT2D eigenvalue weighted by Crippen LogP contribution is 2.37. The topological polar surface area (TPSA) is 77.9 Å². The van der Waals surface area contributed by atoms with Gasteiger partial charge in [0.2, 0.25) is 5.91 Å². The van der Waals surface area contributed by atoms with Gasteiger partial charge < -0.3 is 5.32 Å². The van der Waals surface area contributed by atoms with E-state index in [1.807, 2.05) is 24.3 Å². The maximum atomic E-state index is 11.9. The van der Waals surface area contributed by atoms with Gasteiger partial charge in [0.1, 0.15) is 6.54 Å². The molecule has 4 aromatic rings. The van der Waals surface area contributed by atoms with E-state index in [2.05, 4.69) is 45.7 Å². The fourth-order valence-corrected chi connectivity index (χ4v) is 3.13. The average Bonchev–Trinajstić information content (AvgIpc) is 2.59. The average molecular weight is 300 g/mol. The second-order valence-corrected chi connectivity index (χ2v) is 5.41. The molecule has 5 nitrogen and oxygen atoms in total. The summed E-state index contributed by atoms with van der Waals surface area (Å²) >= 11 is 0. The van der Waals surface area contributed by atoms with E-state index < -0.39 is 0 Å². The molecule has 0 atom stereocenters. The molecule has 0 bridgehead atoms. The summed E-state index contributed by atoms with van der Waals surface area (Å²) in [5, 5.41) is 12.9. The Hall–Kier alpha value is -3.30. The van der Waals surface area contributed by atoms with Crippen molar-refractivity contribution in [2.24, 2.45) is 5.11 Å². The Labute approximate surface area is 131 Å². The van der Waals surface area contributed by atoms with Gasteiger partial charge in [0, 0.05) is 16.0 Å². The van der Waals surface area contributed by atoms with Crippen molar-refractivity contribution in [1.29, 1.82) is 0 Å². The predicted molar refractivity (Wildman–Crippen MR) is 92.8 cm³/mol. The molecule has 0 spiro atoms. The van der Waals surface area contributed by atoms with Crippen LogP contribution in [0.2, 0.25) is 0 Å². The van der Waals surface area contributed by atoms with E-state index >= 15 is 0 Å². The van der Waals surface area contributed by atoms with Crippen LogP contribution in [-0.4, -0.2) is 12.5 Å². The number of nitrogens with one attached hydrogen (secondary N) is 1. The molecule has 0 aliphatic carbocycles. The molecule has 0 saturated carbocycles. The number of carbonyl (C=O) groups is 1. The lowest BCUT2D eigenvalue weighted by atomic mass is 9.93. The van der Waals surface area contributed by atoms with E-state index in [9.17, 15) is 4.79 Å². The Kier molecular flexibility index (Phi) is 3.00. The van der Waals surface area contributed by atoms with Crippen molar-refractivity contribution in [2.75, 3.05) is 11.9 Å². The van der Waals surface area contributed by atoms with E-state index in [4.69, 9.17) is 5.53 Å². The largest absolute Gasteiger partial charge is 0.325 e. The summed E-state index contributed by atoms with van der Waals surface area (Å²) in [5.74, 6) is -0.321. The first-order valence-electron chi connectivity index (χ1n) is 7.25. The smallest absolute Gasteiger partial charge is 0.230 e. The van der Waals surface area contributed by atoms with Crippen molar-refractivity contribution >= 4 is 43.9 Å². The third-order valence-electron chi connectivity index (χ3n) is 4.08. The molecule has 5 heteroatoms. The third kappa shape index (κ3) is 2.11. The van der Waals surface area contributed by atoms with Gasteiger partial charge in [-0.05, 0) is 38.5 Å². The van der Waals surface area contributed by atoms with E-state index in [0.717, 1.165) is 21.8 Å². The van der Waals surface area contributed by atoms with Gasteiger partial charge in [0.25, 0.3) is 0 Å². The first kappa shape index (κ1) is 13.4. The summed E-state index contributed by atoms with van der Waals surface area (Å²) < 4.78 is 0. The third-order valence-corrected chi connectivity index (χ3v) is 4.08. The zero-order valence-corrected chi connectivity index (χ0v) is 12.2. The number of azide groups is 1. The summed E-state index contributed by atoms with van der Waals surface area (Å²) in [5.41, 5.74) is 9.05. The normalized spacial score (nSPS) is 11.0. The second-order valence-electron chi connectivity index (χ2n) is 5.41. The SMILES string of the molecule is [N-]=[N+]=NCC(=O)Nc1ccc2ccc3cccc4ccc1c2c34. The molecule has 0 aliphatic rings. The standard InChI is InChI=1S/C18H12N4O/c19-22-20-10-16(23)21-15-9-7-13-5-4-11-2-1-3-12-6-8-14(15)18(13)17(11)12/h1-9H,10H2,(H,21,23). The van der Waals surface area contributed by atoms with E-state index in [1.54, 1.807) is 0 Å². The Morgan fingerprint density at radius 1 is 0.957 bits per heavy atom. The molecule has 0 radical (unpaired) electrons. The van der Waals surface area contributed by atoms with E-state index in [0.29, 0.717) is 0 Å². The molecular weight excluding hydrogens is 288 g/mol. The summed E-state index contributed by atoms with van der Waals surface area (Å²) in [4.78, 5) is 14.5. The van der Waals surface area contributed by atoms with Crippen molar-refractivity contribution in [3.8, 4) is 0 Å². The Morgan fingerprint density at radius 2 is 1.61 bits per heavy atom. The van der Waals surface area contributed by atoms with Crippen molar-refractivity contribution in [2.45, 2.75) is 0 Å². The molecule has 0 heterocycles. The summed E-state index contributed by atoms with van der Waals surface area (Å²) in [6.45, 7) is -0.210. The number of amides is 1. The zero-order valence-electron chi connectivity index (χ0n) is 12.2. The lowest BCUT2D eigenvalue weighted by Crippen LogP contribution is -2.14. The van der Waals surface area contributed by atoms with Gasteiger partial charge in [-0.25, -0.2) is 0 Å². The number of carbonyl (C=O) groups excluding carboxylic acids is 1. The minimum absolute atomic E-state index is 0.210. The molecule has 0 unspecified atom stereocenters. The fraction of sp³-hybridized carbons (Fsp3) is 0.0556. The Balaban J connectivity index is 1.96. The van der Waals surface area contributed by atoms with Gasteiger partial charge in [-0.15, -0.1) is 0 Å². The maximum absolute atomic E-state index is 11.9. The molecule has 0 aliphatic heterocycles.